The van der Waals surface area contributed by atoms with Crippen LogP contribution in [0.2, 0.25) is 5.02 Å². The number of nitrogens with zero attached hydrogens (tertiary/aromatic N) is 2. The molecule has 0 saturated heterocycles. The van der Waals surface area contributed by atoms with Crippen LogP contribution in [0.3, 0.4) is 0 Å². The molecule has 0 heterocycles. The van der Waals surface area contributed by atoms with Crippen molar-refractivity contribution in [3.8, 4) is 0 Å². The molecule has 5 aliphatic carbocycles. The van der Waals surface area contributed by atoms with E-state index in [0.29, 0.717) is 36.4 Å². The molecule has 0 amide bonds. The van der Waals surface area contributed by atoms with Crippen LogP contribution in [-0.2, 0) is 30.4 Å². The van der Waals surface area contributed by atoms with Gasteiger partial charge in [-0.25, -0.2) is 0 Å². The molecule has 0 bridgehead atoms. The zero-order valence-electron chi connectivity index (χ0n) is 40.4. The zero-order valence-corrected chi connectivity index (χ0v) is 41.2. The van der Waals surface area contributed by atoms with E-state index in [1.54, 1.807) is 13.8 Å². The monoisotopic (exact) mass is 865 g/mol. The number of hydrogen-bond donors (Lipinski definition) is 1. The predicted octanol–water partition coefficient (Wildman–Crippen LogP) is 10.7. The van der Waals surface area contributed by atoms with Crippen molar-refractivity contribution < 1.29 is 29.0 Å². The molecule has 0 radical (unpaired) electrons. The molecule has 4 saturated carbocycles. The fourth-order valence-electron chi connectivity index (χ4n) is 14.2. The normalized spacial score (nSPS) is 34.2. The Kier molecular flexibility index (Phi) is 13.4. The van der Waals surface area contributed by atoms with Gasteiger partial charge in [0.25, 0.3) is 0 Å². The summed E-state index contributed by atoms with van der Waals surface area (Å²) in [7, 11) is 4.18. The molecule has 0 aromatic heterocycles. The maximum Gasteiger partial charge on any atom is 0.312 e. The van der Waals surface area contributed by atoms with Crippen LogP contribution in [0, 0.1) is 56.2 Å². The predicted molar refractivity (Wildman–Crippen MR) is 245 cm³/mol. The Balaban J connectivity index is 1.25. The van der Waals surface area contributed by atoms with Crippen LogP contribution in [0.15, 0.2) is 35.4 Å². The molecular weight excluding hydrogens is 784 g/mol. The third kappa shape index (κ3) is 8.80. The van der Waals surface area contributed by atoms with Gasteiger partial charge in [-0.2, -0.15) is 0 Å². The van der Waals surface area contributed by atoms with Crippen LogP contribution in [0.25, 0.3) is 0 Å². The third-order valence-corrected chi connectivity index (χ3v) is 17.7. The minimum Gasteiger partial charge on any atom is -0.462 e. The van der Waals surface area contributed by atoms with Crippen LogP contribution >= 0.6 is 11.6 Å². The molecule has 0 unspecified atom stereocenters. The lowest BCUT2D eigenvalue weighted by Gasteiger charge is -2.72. The average Bonchev–Trinajstić information content (AvgIpc) is 3.45. The first-order valence-corrected chi connectivity index (χ1v) is 24.0. The number of ketones is 1. The number of allylic oxidation sites excluding steroid dienone is 1. The third-order valence-electron chi connectivity index (χ3n) is 17.5. The molecule has 9 heteroatoms. The van der Waals surface area contributed by atoms with Crippen molar-refractivity contribution >= 4 is 29.3 Å². The van der Waals surface area contributed by atoms with Gasteiger partial charge in [-0.05, 0) is 163 Å². The number of rotatable bonds is 13. The van der Waals surface area contributed by atoms with Crippen molar-refractivity contribution in [3.05, 3.63) is 46.0 Å². The van der Waals surface area contributed by atoms with Crippen LogP contribution in [0.1, 0.15) is 153 Å². The highest BCUT2D eigenvalue weighted by Gasteiger charge is 2.71. The standard InChI is InChI=1S/C52H81ClN2O6/c1-33(2)43-37(56)29-52(40(57)32-55(28-27-54(13)14)31-34-15-17-35(53)18-16-34)26-25-50(11)36(44(43)52)19-20-39-49(10)23-22-41(48(8,9)38(49)21-24-51(39,50)12)60-42(58)30-47(6,7)45(59)61-46(3,4)5/h15-18,33,36,38-41,57H,19-32H2,1-14H3/t36-,38+,39-,40-,41+,49+,50-,51-,52+/m1/s1. The molecule has 4 fully saturated rings. The van der Waals surface area contributed by atoms with Gasteiger partial charge in [0.1, 0.15) is 11.7 Å². The molecule has 6 rings (SSSR count). The summed E-state index contributed by atoms with van der Waals surface area (Å²) < 4.78 is 12.0. The smallest absolute Gasteiger partial charge is 0.312 e. The van der Waals surface area contributed by atoms with Gasteiger partial charge in [0, 0.05) is 48.5 Å². The number of halogens is 1. The number of Topliss-reactive ketones (excluding diaryl/α,β-unsaturated/α-hetero) is 1. The zero-order chi connectivity index (χ0) is 45.3. The molecule has 0 spiro atoms. The quantitative estimate of drug-likeness (QED) is 0.196. The average molecular weight is 866 g/mol. The maximum absolute atomic E-state index is 14.4. The van der Waals surface area contributed by atoms with Crippen LogP contribution in [0.4, 0.5) is 0 Å². The van der Waals surface area contributed by atoms with Crippen molar-refractivity contribution in [1.29, 1.82) is 0 Å². The number of fused-ring (bicyclic) bond motifs is 7. The summed E-state index contributed by atoms with van der Waals surface area (Å²) in [4.78, 5) is 45.6. The number of carbonyl (C=O) groups excluding carboxylic acids is 3. The first-order valence-electron chi connectivity index (χ1n) is 23.6. The summed E-state index contributed by atoms with van der Waals surface area (Å²) in [5.74, 6) is 0.743. The van der Waals surface area contributed by atoms with Gasteiger partial charge >= 0.3 is 11.9 Å². The van der Waals surface area contributed by atoms with Gasteiger partial charge < -0.3 is 19.5 Å². The lowest BCUT2D eigenvalue weighted by atomic mass is 9.33. The number of hydrogen-bond acceptors (Lipinski definition) is 8. The highest BCUT2D eigenvalue weighted by Crippen LogP contribution is 2.77. The second kappa shape index (κ2) is 16.9. The molecule has 0 aliphatic heterocycles. The van der Waals surface area contributed by atoms with E-state index in [1.165, 1.54) is 5.57 Å². The molecule has 1 N–H and O–H groups in total. The summed E-state index contributed by atoms with van der Waals surface area (Å²) in [6, 6.07) is 8.03. The van der Waals surface area contributed by atoms with Gasteiger partial charge in [-0.1, -0.05) is 77.8 Å². The highest BCUT2D eigenvalue weighted by molar-refractivity contribution is 6.30. The molecule has 1 aromatic rings. The van der Waals surface area contributed by atoms with Crippen molar-refractivity contribution in [1.82, 2.24) is 9.80 Å². The van der Waals surface area contributed by atoms with Crippen molar-refractivity contribution in [2.45, 2.75) is 172 Å². The van der Waals surface area contributed by atoms with Crippen LogP contribution in [-0.4, -0.2) is 84.2 Å². The second-order valence-electron chi connectivity index (χ2n) is 23.9. The number of likely N-dealkylation sites (N-methyl/N-ethyl adjacent to an activating group) is 1. The molecule has 9 atom stereocenters. The largest absolute Gasteiger partial charge is 0.462 e. The Hall–Kier alpha value is -2.26. The number of esters is 2. The maximum atomic E-state index is 14.4. The van der Waals surface area contributed by atoms with Crippen molar-refractivity contribution in [2.24, 2.45) is 56.2 Å². The summed E-state index contributed by atoms with van der Waals surface area (Å²) in [6.45, 7) is 28.7. The highest BCUT2D eigenvalue weighted by atomic mass is 35.5. The number of benzene rings is 1. The first kappa shape index (κ1) is 48.2. The summed E-state index contributed by atoms with van der Waals surface area (Å²) in [5.41, 5.74) is 1.16. The summed E-state index contributed by atoms with van der Waals surface area (Å²) in [6.07, 6.45) is 7.41. The van der Waals surface area contributed by atoms with Crippen molar-refractivity contribution in [3.63, 3.8) is 0 Å². The summed E-state index contributed by atoms with van der Waals surface area (Å²) in [5, 5.41) is 13.5. The lowest BCUT2D eigenvalue weighted by molar-refractivity contribution is -0.235. The van der Waals surface area contributed by atoms with Gasteiger partial charge in [-0.15, -0.1) is 0 Å². The van der Waals surface area contributed by atoms with E-state index in [0.717, 1.165) is 75.6 Å². The van der Waals surface area contributed by atoms with Crippen LogP contribution < -0.4 is 0 Å². The molecule has 5 aliphatic rings. The van der Waals surface area contributed by atoms with E-state index in [2.05, 4.69) is 84.5 Å². The SMILES string of the molecule is CC(C)C1=C2[C@H]3CC[C@@H]4[C@@]5(C)CC[C@H](OC(=O)CC(C)(C)C(=O)OC(C)(C)C)C(C)(C)[C@@H]5CC[C@@]4(C)[C@]3(C)CC[C@@]2([C@H](O)CN(CCN(C)C)Cc2ccc(Cl)cc2)CC1=O. The molecule has 61 heavy (non-hydrogen) atoms. The molecular formula is C52H81ClN2O6. The van der Waals surface area contributed by atoms with Crippen molar-refractivity contribution in [2.75, 3.05) is 33.7 Å². The van der Waals surface area contributed by atoms with E-state index < -0.39 is 22.5 Å². The Morgan fingerprint density at radius 3 is 2.13 bits per heavy atom. The molecule has 342 valence electrons. The van der Waals surface area contributed by atoms with E-state index in [-0.39, 0.29) is 63.7 Å². The Morgan fingerprint density at radius 1 is 0.869 bits per heavy atom. The van der Waals surface area contributed by atoms with Crippen LogP contribution in [0.5, 0.6) is 0 Å². The number of ether oxygens (including phenoxy) is 2. The van der Waals surface area contributed by atoms with Gasteiger partial charge in [0.2, 0.25) is 0 Å². The van der Waals surface area contributed by atoms with Gasteiger partial charge in [0.05, 0.1) is 17.9 Å². The van der Waals surface area contributed by atoms with E-state index >= 15 is 0 Å². The molecule has 8 nitrogen and oxygen atoms in total. The van der Waals surface area contributed by atoms with E-state index in [9.17, 15) is 19.5 Å². The van der Waals surface area contributed by atoms with Gasteiger partial charge in [-0.3, -0.25) is 19.3 Å². The van der Waals surface area contributed by atoms with E-state index in [1.807, 2.05) is 32.9 Å². The summed E-state index contributed by atoms with van der Waals surface area (Å²) >= 11 is 6.26. The second-order valence-corrected chi connectivity index (χ2v) is 24.4. The van der Waals surface area contributed by atoms with E-state index in [4.69, 9.17) is 21.1 Å². The fraction of sp³-hybridized carbons (Fsp3) is 0.788. The first-order chi connectivity index (χ1) is 28.1. The fourth-order valence-corrected chi connectivity index (χ4v) is 14.3. The minimum atomic E-state index is -0.982. The Bertz CT molecular complexity index is 1850. The van der Waals surface area contributed by atoms with Gasteiger partial charge in [0.15, 0.2) is 5.78 Å². The Labute approximate surface area is 374 Å². The molecule has 1 aromatic carbocycles. The lowest BCUT2D eigenvalue weighted by Crippen LogP contribution is -2.66. The number of carbonyl (C=O) groups is 3. The number of aliphatic hydroxyl groups excluding tert-OH is 1. The Morgan fingerprint density at radius 2 is 1.52 bits per heavy atom. The topological polar surface area (TPSA) is 96.4 Å². The minimum absolute atomic E-state index is 0.0137. The number of aliphatic hydroxyl groups is 1.